The fourth-order valence-corrected chi connectivity index (χ4v) is 1.39. The van der Waals surface area contributed by atoms with Crippen molar-refractivity contribution in [1.29, 1.82) is 0 Å². The highest BCUT2D eigenvalue weighted by molar-refractivity contribution is 5.76. The Morgan fingerprint density at radius 3 is 2.25 bits per heavy atom. The van der Waals surface area contributed by atoms with Crippen LogP contribution in [0.3, 0.4) is 0 Å². The molecule has 6 atom stereocenters. The number of hydrogen-bond donors (Lipinski definition) is 6. The van der Waals surface area contributed by atoms with Gasteiger partial charge >= 0.3 is 5.97 Å². The van der Waals surface area contributed by atoms with Crippen molar-refractivity contribution in [3.63, 3.8) is 0 Å². The third-order valence-corrected chi connectivity index (χ3v) is 2.42. The van der Waals surface area contributed by atoms with Crippen molar-refractivity contribution in [3.8, 4) is 0 Å². The minimum Gasteiger partial charge on any atom is -0.455 e. The van der Waals surface area contributed by atoms with Crippen LogP contribution in [0.5, 0.6) is 0 Å². The summed E-state index contributed by atoms with van der Waals surface area (Å²) in [4.78, 5) is 11.0. The van der Waals surface area contributed by atoms with Crippen LogP contribution in [0.15, 0.2) is 0 Å². The van der Waals surface area contributed by atoms with Gasteiger partial charge in [0.05, 0.1) is 6.61 Å². The van der Waals surface area contributed by atoms with Crippen molar-refractivity contribution in [2.24, 2.45) is 0 Å². The van der Waals surface area contributed by atoms with E-state index in [2.05, 4.69) is 4.74 Å². The normalized spacial score (nSPS) is 39.0. The van der Waals surface area contributed by atoms with E-state index in [4.69, 9.17) is 15.3 Å². The predicted molar refractivity (Wildman–Crippen MR) is 47.0 cm³/mol. The molecule has 0 spiro atoms. The lowest BCUT2D eigenvalue weighted by molar-refractivity contribution is -0.223. The fraction of sp³-hybridized carbons (Fsp3) is 0.875. The number of aliphatic hydroxyl groups excluding tert-OH is 6. The molecule has 0 amide bonds. The molecule has 0 aromatic rings. The molecule has 1 aliphatic heterocycles. The summed E-state index contributed by atoms with van der Waals surface area (Å²) >= 11 is 0. The minimum absolute atomic E-state index is 0.805. The number of ether oxygens (including phenoxy) is 1. The van der Waals surface area contributed by atoms with Crippen LogP contribution in [-0.2, 0) is 9.53 Å². The van der Waals surface area contributed by atoms with Gasteiger partial charge in [-0.1, -0.05) is 0 Å². The van der Waals surface area contributed by atoms with Crippen molar-refractivity contribution < 1.29 is 40.2 Å². The summed E-state index contributed by atoms with van der Waals surface area (Å²) in [5.74, 6) is -1.22. The predicted octanol–water partition coefficient (Wildman–Crippen LogP) is -4.29. The Morgan fingerprint density at radius 1 is 1.19 bits per heavy atom. The van der Waals surface area contributed by atoms with Crippen molar-refractivity contribution in [1.82, 2.24) is 0 Å². The first-order valence-electron chi connectivity index (χ1n) is 4.61. The van der Waals surface area contributed by atoms with Crippen LogP contribution in [0.25, 0.3) is 0 Å². The van der Waals surface area contributed by atoms with Gasteiger partial charge < -0.3 is 35.4 Å². The van der Waals surface area contributed by atoms with Gasteiger partial charge in [-0.15, -0.1) is 0 Å². The van der Waals surface area contributed by atoms with E-state index in [0.717, 1.165) is 0 Å². The van der Waals surface area contributed by atoms with Crippen molar-refractivity contribution in [2.75, 3.05) is 6.61 Å². The zero-order chi connectivity index (χ0) is 12.5. The molecule has 1 saturated heterocycles. The summed E-state index contributed by atoms with van der Waals surface area (Å²) in [5.41, 5.74) is 0. The number of cyclic esters (lactones) is 1. The SMILES string of the molecule is O=C1OC(C(O)C(O)CO)C(O)C(O)C1O. The molecule has 0 radical (unpaired) electrons. The molecule has 1 rings (SSSR count). The highest BCUT2D eigenvalue weighted by Gasteiger charge is 2.47. The van der Waals surface area contributed by atoms with Crippen LogP contribution in [0.1, 0.15) is 0 Å². The molecule has 1 fully saturated rings. The molecule has 0 aromatic heterocycles. The Kier molecular flexibility index (Phi) is 4.19. The third kappa shape index (κ3) is 2.32. The molecular formula is C8H14O8. The molecule has 1 heterocycles. The van der Waals surface area contributed by atoms with E-state index in [1.165, 1.54) is 0 Å². The molecule has 0 saturated carbocycles. The number of hydrogen-bond acceptors (Lipinski definition) is 8. The van der Waals surface area contributed by atoms with Gasteiger partial charge in [-0.25, -0.2) is 4.79 Å². The highest BCUT2D eigenvalue weighted by Crippen LogP contribution is 2.20. The molecule has 6 unspecified atom stereocenters. The van der Waals surface area contributed by atoms with E-state index in [-0.39, 0.29) is 0 Å². The van der Waals surface area contributed by atoms with Crippen molar-refractivity contribution in [3.05, 3.63) is 0 Å². The summed E-state index contributed by atoms with van der Waals surface area (Å²) in [5, 5.41) is 54.7. The Bertz CT molecular complexity index is 252. The Balaban J connectivity index is 2.77. The molecular weight excluding hydrogens is 224 g/mol. The zero-order valence-electron chi connectivity index (χ0n) is 8.17. The minimum atomic E-state index is -1.90. The van der Waals surface area contributed by atoms with E-state index >= 15 is 0 Å². The van der Waals surface area contributed by atoms with Gasteiger partial charge in [-0.2, -0.15) is 0 Å². The first-order chi connectivity index (χ1) is 7.40. The molecule has 1 aliphatic rings. The molecule has 0 aliphatic carbocycles. The second-order valence-corrected chi connectivity index (χ2v) is 3.57. The van der Waals surface area contributed by atoms with Gasteiger partial charge in [0.1, 0.15) is 24.4 Å². The zero-order valence-corrected chi connectivity index (χ0v) is 8.17. The van der Waals surface area contributed by atoms with E-state index in [0.29, 0.717) is 0 Å². The van der Waals surface area contributed by atoms with E-state index in [1.807, 2.05) is 0 Å². The smallest absolute Gasteiger partial charge is 0.338 e. The van der Waals surface area contributed by atoms with Crippen LogP contribution in [-0.4, -0.2) is 79.8 Å². The first-order valence-corrected chi connectivity index (χ1v) is 4.61. The lowest BCUT2D eigenvalue weighted by Crippen LogP contribution is -2.61. The second-order valence-electron chi connectivity index (χ2n) is 3.57. The van der Waals surface area contributed by atoms with Gasteiger partial charge in [-0.05, 0) is 0 Å². The molecule has 6 N–H and O–H groups in total. The summed E-state index contributed by atoms with van der Waals surface area (Å²) in [7, 11) is 0. The Labute approximate surface area is 90.3 Å². The van der Waals surface area contributed by atoms with Crippen LogP contribution in [0.4, 0.5) is 0 Å². The van der Waals surface area contributed by atoms with E-state index in [1.54, 1.807) is 0 Å². The number of carbonyl (C=O) groups excluding carboxylic acids is 1. The molecule has 0 aromatic carbocycles. The highest BCUT2D eigenvalue weighted by atomic mass is 16.6. The number of esters is 1. The summed E-state index contributed by atoms with van der Waals surface area (Å²) in [6.45, 7) is -0.805. The van der Waals surface area contributed by atoms with E-state index < -0.39 is 49.2 Å². The lowest BCUT2D eigenvalue weighted by Gasteiger charge is -2.37. The Hall–Kier alpha value is -0.770. The fourth-order valence-electron chi connectivity index (χ4n) is 1.39. The molecule has 16 heavy (non-hydrogen) atoms. The summed E-state index contributed by atoms with van der Waals surface area (Å²) < 4.78 is 4.45. The van der Waals surface area contributed by atoms with Gasteiger partial charge in [0.25, 0.3) is 0 Å². The maximum absolute atomic E-state index is 11.0. The van der Waals surface area contributed by atoms with Crippen LogP contribution < -0.4 is 0 Å². The second kappa shape index (κ2) is 5.04. The maximum atomic E-state index is 11.0. The quantitative estimate of drug-likeness (QED) is 0.271. The lowest BCUT2D eigenvalue weighted by atomic mass is 9.94. The van der Waals surface area contributed by atoms with Crippen LogP contribution in [0, 0.1) is 0 Å². The van der Waals surface area contributed by atoms with E-state index in [9.17, 15) is 20.1 Å². The molecule has 94 valence electrons. The molecule has 8 heteroatoms. The Morgan fingerprint density at radius 2 is 1.75 bits per heavy atom. The van der Waals surface area contributed by atoms with Crippen molar-refractivity contribution >= 4 is 5.97 Å². The summed E-state index contributed by atoms with van der Waals surface area (Å²) in [6.07, 6.45) is -10.4. The topological polar surface area (TPSA) is 148 Å². The van der Waals surface area contributed by atoms with Gasteiger partial charge in [-0.3, -0.25) is 0 Å². The summed E-state index contributed by atoms with van der Waals surface area (Å²) in [6, 6.07) is 0. The number of rotatable bonds is 3. The van der Waals surface area contributed by atoms with Gasteiger partial charge in [0.2, 0.25) is 0 Å². The van der Waals surface area contributed by atoms with Crippen molar-refractivity contribution in [2.45, 2.75) is 36.6 Å². The standard InChI is InChI=1S/C8H14O8/c9-1-2(10)3(11)7-5(13)4(12)6(14)8(15)16-7/h2-7,9-14H,1H2. The van der Waals surface area contributed by atoms with Gasteiger partial charge in [0, 0.05) is 0 Å². The molecule has 0 bridgehead atoms. The van der Waals surface area contributed by atoms with Crippen LogP contribution >= 0.6 is 0 Å². The number of carbonyl (C=O) groups is 1. The maximum Gasteiger partial charge on any atom is 0.338 e. The molecule has 8 nitrogen and oxygen atoms in total. The third-order valence-electron chi connectivity index (χ3n) is 2.42. The average Bonchev–Trinajstić information content (AvgIpc) is 2.29. The monoisotopic (exact) mass is 238 g/mol. The van der Waals surface area contributed by atoms with Gasteiger partial charge in [0.15, 0.2) is 12.2 Å². The van der Waals surface area contributed by atoms with Crippen LogP contribution in [0.2, 0.25) is 0 Å². The number of aliphatic hydroxyl groups is 6. The largest absolute Gasteiger partial charge is 0.455 e. The average molecular weight is 238 g/mol. The first kappa shape index (κ1) is 13.3.